The molecule has 6 nitrogen and oxygen atoms in total. The molecule has 0 spiro atoms. The first-order valence-corrected chi connectivity index (χ1v) is 10.7. The van der Waals surface area contributed by atoms with Crippen molar-refractivity contribution >= 4 is 5.96 Å². The molecule has 1 aliphatic carbocycles. The SMILES string of the molecule is CN=C(NCCCOCC1CC1)NCC(c1ccccc1OC)N1CCCC1. The van der Waals surface area contributed by atoms with Crippen molar-refractivity contribution in [2.75, 3.05) is 53.6 Å². The van der Waals surface area contributed by atoms with Gasteiger partial charge in [0.1, 0.15) is 5.75 Å². The molecule has 2 N–H and O–H groups in total. The van der Waals surface area contributed by atoms with Crippen LogP contribution in [0.5, 0.6) is 5.75 Å². The van der Waals surface area contributed by atoms with Crippen LogP contribution in [0.15, 0.2) is 29.3 Å². The molecule has 0 bridgehead atoms. The molecular formula is C22H36N4O2. The molecule has 1 saturated carbocycles. The number of nitrogens with zero attached hydrogens (tertiary/aromatic N) is 2. The summed E-state index contributed by atoms with van der Waals surface area (Å²) in [6.07, 6.45) is 6.22. The van der Waals surface area contributed by atoms with Gasteiger partial charge in [0.05, 0.1) is 13.2 Å². The minimum absolute atomic E-state index is 0.277. The molecule has 1 aliphatic heterocycles. The van der Waals surface area contributed by atoms with Crippen LogP contribution >= 0.6 is 0 Å². The predicted octanol–water partition coefficient (Wildman–Crippen LogP) is 2.81. The Morgan fingerprint density at radius 3 is 2.71 bits per heavy atom. The average molecular weight is 389 g/mol. The summed E-state index contributed by atoms with van der Waals surface area (Å²) >= 11 is 0. The Hall–Kier alpha value is -1.79. The third kappa shape index (κ3) is 6.38. The van der Waals surface area contributed by atoms with Crippen molar-refractivity contribution in [2.24, 2.45) is 10.9 Å². The van der Waals surface area contributed by atoms with Gasteiger partial charge in [-0.3, -0.25) is 9.89 Å². The van der Waals surface area contributed by atoms with Crippen molar-refractivity contribution in [3.8, 4) is 5.75 Å². The summed E-state index contributed by atoms with van der Waals surface area (Å²) in [6, 6.07) is 8.63. The van der Waals surface area contributed by atoms with Gasteiger partial charge in [-0.2, -0.15) is 0 Å². The average Bonchev–Trinajstić information content (AvgIpc) is 3.40. The number of nitrogens with one attached hydrogen (secondary N) is 2. The highest BCUT2D eigenvalue weighted by Gasteiger charge is 2.26. The maximum atomic E-state index is 5.70. The first-order chi connectivity index (χ1) is 13.8. The molecule has 2 aliphatic rings. The molecular weight excluding hydrogens is 352 g/mol. The van der Waals surface area contributed by atoms with E-state index in [1.54, 1.807) is 7.11 Å². The van der Waals surface area contributed by atoms with Crippen molar-refractivity contribution in [2.45, 2.75) is 38.1 Å². The first kappa shape index (κ1) is 20.9. The number of para-hydroxylation sites is 1. The monoisotopic (exact) mass is 388 g/mol. The Labute approximate surface area is 169 Å². The number of hydrogen-bond donors (Lipinski definition) is 2. The van der Waals surface area contributed by atoms with Gasteiger partial charge in [0, 0.05) is 38.9 Å². The third-order valence-corrected chi connectivity index (χ3v) is 5.57. The molecule has 3 rings (SSSR count). The van der Waals surface area contributed by atoms with Gasteiger partial charge < -0.3 is 20.1 Å². The molecule has 2 fully saturated rings. The van der Waals surface area contributed by atoms with Gasteiger partial charge in [0.2, 0.25) is 0 Å². The Kier molecular flexibility index (Phi) is 8.42. The summed E-state index contributed by atoms with van der Waals surface area (Å²) in [5.74, 6) is 2.64. The number of ether oxygens (including phenoxy) is 2. The summed E-state index contributed by atoms with van der Waals surface area (Å²) in [4.78, 5) is 6.93. The summed E-state index contributed by atoms with van der Waals surface area (Å²) < 4.78 is 11.3. The van der Waals surface area contributed by atoms with E-state index in [-0.39, 0.29) is 6.04 Å². The van der Waals surface area contributed by atoms with Gasteiger partial charge in [0.25, 0.3) is 0 Å². The lowest BCUT2D eigenvalue weighted by molar-refractivity contribution is 0.123. The minimum atomic E-state index is 0.277. The molecule has 1 atom stereocenters. The van der Waals surface area contributed by atoms with Crippen molar-refractivity contribution in [1.82, 2.24) is 15.5 Å². The van der Waals surface area contributed by atoms with Crippen LogP contribution in [0, 0.1) is 5.92 Å². The Morgan fingerprint density at radius 1 is 1.21 bits per heavy atom. The lowest BCUT2D eigenvalue weighted by Gasteiger charge is -2.30. The van der Waals surface area contributed by atoms with Crippen molar-refractivity contribution in [3.63, 3.8) is 0 Å². The fraction of sp³-hybridized carbons (Fsp3) is 0.682. The Bertz CT molecular complexity index is 612. The van der Waals surface area contributed by atoms with E-state index < -0.39 is 0 Å². The van der Waals surface area contributed by atoms with E-state index in [1.807, 2.05) is 19.2 Å². The smallest absolute Gasteiger partial charge is 0.191 e. The number of likely N-dealkylation sites (tertiary alicyclic amines) is 1. The number of methoxy groups -OCH3 is 1. The van der Waals surface area contributed by atoms with E-state index in [2.05, 4.69) is 32.7 Å². The van der Waals surface area contributed by atoms with E-state index >= 15 is 0 Å². The summed E-state index contributed by atoms with van der Waals surface area (Å²) in [7, 11) is 3.58. The topological polar surface area (TPSA) is 58.1 Å². The second-order valence-electron chi connectivity index (χ2n) is 7.75. The van der Waals surface area contributed by atoms with Gasteiger partial charge >= 0.3 is 0 Å². The zero-order chi connectivity index (χ0) is 19.6. The second kappa shape index (κ2) is 11.3. The van der Waals surface area contributed by atoms with Crippen LogP contribution in [-0.2, 0) is 4.74 Å². The van der Waals surface area contributed by atoms with Gasteiger partial charge in [-0.05, 0) is 57.2 Å². The van der Waals surface area contributed by atoms with E-state index in [9.17, 15) is 0 Å². The fourth-order valence-corrected chi connectivity index (χ4v) is 3.76. The lowest BCUT2D eigenvalue weighted by Crippen LogP contribution is -2.43. The maximum absolute atomic E-state index is 5.70. The Morgan fingerprint density at radius 2 is 2.00 bits per heavy atom. The van der Waals surface area contributed by atoms with Crippen LogP contribution in [0.1, 0.15) is 43.7 Å². The zero-order valence-corrected chi connectivity index (χ0v) is 17.5. The highest BCUT2D eigenvalue weighted by molar-refractivity contribution is 5.79. The number of benzene rings is 1. The predicted molar refractivity (Wildman–Crippen MR) is 114 cm³/mol. The summed E-state index contributed by atoms with van der Waals surface area (Å²) in [5, 5.41) is 6.92. The number of rotatable bonds is 11. The van der Waals surface area contributed by atoms with Crippen LogP contribution in [-0.4, -0.2) is 64.4 Å². The van der Waals surface area contributed by atoms with Crippen molar-refractivity contribution in [3.05, 3.63) is 29.8 Å². The molecule has 156 valence electrons. The van der Waals surface area contributed by atoms with Crippen LogP contribution in [0.4, 0.5) is 0 Å². The molecule has 0 amide bonds. The second-order valence-corrected chi connectivity index (χ2v) is 7.75. The number of hydrogen-bond acceptors (Lipinski definition) is 4. The highest BCUT2D eigenvalue weighted by atomic mass is 16.5. The van der Waals surface area contributed by atoms with Crippen LogP contribution in [0.2, 0.25) is 0 Å². The summed E-state index contributed by atoms with van der Waals surface area (Å²) in [5.41, 5.74) is 1.24. The molecule has 1 heterocycles. The molecule has 0 radical (unpaired) electrons. The number of aliphatic imine (C=N–C) groups is 1. The first-order valence-electron chi connectivity index (χ1n) is 10.7. The van der Waals surface area contributed by atoms with Gasteiger partial charge in [-0.25, -0.2) is 0 Å². The third-order valence-electron chi connectivity index (χ3n) is 5.57. The molecule has 6 heteroatoms. The molecule has 1 aromatic carbocycles. The van der Waals surface area contributed by atoms with Gasteiger partial charge in [-0.1, -0.05) is 18.2 Å². The maximum Gasteiger partial charge on any atom is 0.191 e. The molecule has 1 unspecified atom stereocenters. The van der Waals surface area contributed by atoms with E-state index in [0.717, 1.165) is 63.4 Å². The summed E-state index contributed by atoms with van der Waals surface area (Å²) in [6.45, 7) is 5.69. The van der Waals surface area contributed by atoms with E-state index in [0.29, 0.717) is 0 Å². The standard InChI is InChI=1S/C22H36N4O2/c1-23-22(24-12-7-15-28-17-18-10-11-18)25-16-20(26-13-5-6-14-26)19-8-3-4-9-21(19)27-2/h3-4,8-9,18,20H,5-7,10-17H2,1-2H3,(H2,23,24,25). The minimum Gasteiger partial charge on any atom is -0.496 e. The van der Waals surface area contributed by atoms with E-state index in [4.69, 9.17) is 9.47 Å². The molecule has 28 heavy (non-hydrogen) atoms. The number of guanidine groups is 1. The van der Waals surface area contributed by atoms with Gasteiger partial charge in [-0.15, -0.1) is 0 Å². The molecule has 1 aromatic rings. The van der Waals surface area contributed by atoms with Crippen LogP contribution < -0.4 is 15.4 Å². The van der Waals surface area contributed by atoms with Crippen LogP contribution in [0.25, 0.3) is 0 Å². The van der Waals surface area contributed by atoms with Crippen molar-refractivity contribution < 1.29 is 9.47 Å². The lowest BCUT2D eigenvalue weighted by atomic mass is 10.0. The van der Waals surface area contributed by atoms with Crippen LogP contribution in [0.3, 0.4) is 0 Å². The Balaban J connectivity index is 1.48. The normalized spacial score (nSPS) is 18.9. The fourth-order valence-electron chi connectivity index (χ4n) is 3.76. The molecule has 0 aromatic heterocycles. The highest BCUT2D eigenvalue weighted by Crippen LogP contribution is 2.31. The quantitative estimate of drug-likeness (QED) is 0.347. The van der Waals surface area contributed by atoms with E-state index in [1.165, 1.54) is 31.2 Å². The largest absolute Gasteiger partial charge is 0.496 e. The van der Waals surface area contributed by atoms with Crippen molar-refractivity contribution in [1.29, 1.82) is 0 Å². The zero-order valence-electron chi connectivity index (χ0n) is 17.5. The molecule has 1 saturated heterocycles. The van der Waals surface area contributed by atoms with Gasteiger partial charge in [0.15, 0.2) is 5.96 Å².